The van der Waals surface area contributed by atoms with Crippen molar-refractivity contribution in [2.24, 2.45) is 0 Å². The summed E-state index contributed by atoms with van der Waals surface area (Å²) < 4.78 is 4.89. The van der Waals surface area contributed by atoms with Crippen LogP contribution in [0.4, 0.5) is 0 Å². The summed E-state index contributed by atoms with van der Waals surface area (Å²) in [4.78, 5) is 11.4. The van der Waals surface area contributed by atoms with Gasteiger partial charge in [-0.1, -0.05) is 13.8 Å². The first-order valence-corrected chi connectivity index (χ1v) is 6.52. The lowest BCUT2D eigenvalue weighted by Gasteiger charge is -2.23. The molecule has 0 bridgehead atoms. The number of thioether (sulfide) groups is 1. The van der Waals surface area contributed by atoms with Crippen LogP contribution in [0.25, 0.3) is 0 Å². The molecule has 0 fully saturated rings. The van der Waals surface area contributed by atoms with Crippen molar-refractivity contribution < 1.29 is 14.6 Å². The van der Waals surface area contributed by atoms with E-state index < -0.39 is 5.60 Å². The topological polar surface area (TPSA) is 58.6 Å². The molecule has 0 saturated carbocycles. The van der Waals surface area contributed by atoms with E-state index in [4.69, 9.17) is 4.74 Å². The number of hydrogen-bond donors (Lipinski definition) is 2. The van der Waals surface area contributed by atoms with E-state index in [0.717, 1.165) is 0 Å². The van der Waals surface area contributed by atoms with Crippen molar-refractivity contribution in [1.29, 1.82) is 0 Å². The molecule has 96 valence electrons. The molecule has 1 unspecified atom stereocenters. The van der Waals surface area contributed by atoms with Gasteiger partial charge in [0.15, 0.2) is 0 Å². The van der Waals surface area contributed by atoms with Crippen LogP contribution in [0, 0.1) is 0 Å². The van der Waals surface area contributed by atoms with Crippen LogP contribution in [0.2, 0.25) is 0 Å². The van der Waals surface area contributed by atoms with Crippen LogP contribution in [0.15, 0.2) is 0 Å². The summed E-state index contributed by atoms with van der Waals surface area (Å²) in [6.07, 6.45) is 0.515. The summed E-state index contributed by atoms with van der Waals surface area (Å²) >= 11 is 1.59. The summed E-state index contributed by atoms with van der Waals surface area (Å²) in [6.45, 7) is 6.55. The standard InChI is InChI=1S/C11H23NO3S/c1-9(2)16-7-10(13)12-8-11(3,14)5-6-15-4/h9,14H,5-8H2,1-4H3,(H,12,13). The van der Waals surface area contributed by atoms with Crippen molar-refractivity contribution in [3.63, 3.8) is 0 Å². The number of hydrogen-bond acceptors (Lipinski definition) is 4. The van der Waals surface area contributed by atoms with E-state index >= 15 is 0 Å². The largest absolute Gasteiger partial charge is 0.388 e. The van der Waals surface area contributed by atoms with E-state index in [1.165, 1.54) is 0 Å². The summed E-state index contributed by atoms with van der Waals surface area (Å²) in [5, 5.41) is 13.0. The lowest BCUT2D eigenvalue weighted by molar-refractivity contribution is -0.119. The molecule has 16 heavy (non-hydrogen) atoms. The van der Waals surface area contributed by atoms with E-state index in [1.807, 2.05) is 13.8 Å². The van der Waals surface area contributed by atoms with Crippen molar-refractivity contribution >= 4 is 17.7 Å². The highest BCUT2D eigenvalue weighted by Crippen LogP contribution is 2.09. The quantitative estimate of drug-likeness (QED) is 0.674. The fourth-order valence-electron chi connectivity index (χ4n) is 0.993. The average Bonchev–Trinajstić information content (AvgIpc) is 2.21. The Bertz CT molecular complexity index is 207. The Kier molecular flexibility index (Phi) is 7.80. The number of carbonyl (C=O) groups is 1. The van der Waals surface area contributed by atoms with Gasteiger partial charge in [0.2, 0.25) is 5.91 Å². The molecule has 2 N–H and O–H groups in total. The van der Waals surface area contributed by atoms with Crippen LogP contribution in [-0.2, 0) is 9.53 Å². The maximum atomic E-state index is 11.4. The van der Waals surface area contributed by atoms with E-state index in [9.17, 15) is 9.90 Å². The molecule has 0 spiro atoms. The Balaban J connectivity index is 3.72. The van der Waals surface area contributed by atoms with Gasteiger partial charge in [-0.05, 0) is 12.2 Å². The fraction of sp³-hybridized carbons (Fsp3) is 0.909. The molecule has 0 aromatic rings. The van der Waals surface area contributed by atoms with Crippen LogP contribution in [0.3, 0.4) is 0 Å². The zero-order valence-corrected chi connectivity index (χ0v) is 11.4. The summed E-state index contributed by atoms with van der Waals surface area (Å²) in [7, 11) is 1.59. The normalized spacial score (nSPS) is 14.9. The van der Waals surface area contributed by atoms with Crippen LogP contribution in [0.1, 0.15) is 27.2 Å². The van der Waals surface area contributed by atoms with Crippen LogP contribution in [-0.4, -0.2) is 47.9 Å². The fourth-order valence-corrected chi connectivity index (χ4v) is 1.58. The Morgan fingerprint density at radius 2 is 2.19 bits per heavy atom. The molecule has 0 aliphatic rings. The highest BCUT2D eigenvalue weighted by Gasteiger charge is 2.20. The maximum absolute atomic E-state index is 11.4. The van der Waals surface area contributed by atoms with Crippen molar-refractivity contribution in [3.05, 3.63) is 0 Å². The van der Waals surface area contributed by atoms with Gasteiger partial charge < -0.3 is 15.2 Å². The Hall–Kier alpha value is -0.260. The summed E-state index contributed by atoms with van der Waals surface area (Å²) in [5.74, 6) is 0.411. The lowest BCUT2D eigenvalue weighted by atomic mass is 10.0. The summed E-state index contributed by atoms with van der Waals surface area (Å²) in [5.41, 5.74) is -0.895. The number of aliphatic hydroxyl groups is 1. The monoisotopic (exact) mass is 249 g/mol. The highest BCUT2D eigenvalue weighted by molar-refractivity contribution is 8.00. The zero-order valence-electron chi connectivity index (χ0n) is 10.6. The third-order valence-electron chi connectivity index (χ3n) is 2.06. The van der Waals surface area contributed by atoms with Gasteiger partial charge in [-0.25, -0.2) is 0 Å². The summed E-state index contributed by atoms with van der Waals surface area (Å²) in [6, 6.07) is 0. The first-order chi connectivity index (χ1) is 7.37. The first-order valence-electron chi connectivity index (χ1n) is 5.47. The predicted octanol–water partition coefficient (Wildman–Crippen LogP) is 1.03. The van der Waals surface area contributed by atoms with Gasteiger partial charge in [0.25, 0.3) is 0 Å². The number of ether oxygens (including phenoxy) is 1. The maximum Gasteiger partial charge on any atom is 0.230 e. The van der Waals surface area contributed by atoms with Crippen LogP contribution >= 0.6 is 11.8 Å². The van der Waals surface area contributed by atoms with Gasteiger partial charge in [-0.2, -0.15) is 0 Å². The molecule has 4 nitrogen and oxygen atoms in total. The minimum atomic E-state index is -0.895. The van der Waals surface area contributed by atoms with Gasteiger partial charge in [0.1, 0.15) is 0 Å². The second kappa shape index (κ2) is 7.92. The molecule has 0 radical (unpaired) electrons. The highest BCUT2D eigenvalue weighted by atomic mass is 32.2. The number of rotatable bonds is 8. The van der Waals surface area contributed by atoms with Gasteiger partial charge >= 0.3 is 0 Å². The predicted molar refractivity (Wildman–Crippen MR) is 67.7 cm³/mol. The molecular formula is C11H23NO3S. The number of methoxy groups -OCH3 is 1. The Morgan fingerprint density at radius 3 is 2.69 bits per heavy atom. The third kappa shape index (κ3) is 9.00. The van der Waals surface area contributed by atoms with E-state index in [2.05, 4.69) is 5.32 Å². The second-order valence-corrected chi connectivity index (χ2v) is 5.94. The molecule has 1 atom stereocenters. The Labute approximate surface area is 102 Å². The number of carbonyl (C=O) groups excluding carboxylic acids is 1. The lowest BCUT2D eigenvalue weighted by Crippen LogP contribution is -2.42. The van der Waals surface area contributed by atoms with Crippen molar-refractivity contribution in [1.82, 2.24) is 5.32 Å². The molecule has 0 aliphatic carbocycles. The van der Waals surface area contributed by atoms with Gasteiger partial charge in [-0.3, -0.25) is 4.79 Å². The Morgan fingerprint density at radius 1 is 1.56 bits per heavy atom. The molecule has 1 amide bonds. The number of nitrogens with one attached hydrogen (secondary N) is 1. The third-order valence-corrected chi connectivity index (χ3v) is 3.15. The second-order valence-electron chi connectivity index (χ2n) is 4.38. The van der Waals surface area contributed by atoms with Gasteiger partial charge in [0, 0.05) is 26.7 Å². The minimum Gasteiger partial charge on any atom is -0.388 e. The SMILES string of the molecule is COCCC(C)(O)CNC(=O)CSC(C)C. The smallest absolute Gasteiger partial charge is 0.230 e. The van der Waals surface area contributed by atoms with E-state index in [-0.39, 0.29) is 12.5 Å². The van der Waals surface area contributed by atoms with Crippen molar-refractivity contribution in [2.45, 2.75) is 38.0 Å². The van der Waals surface area contributed by atoms with Crippen LogP contribution in [0.5, 0.6) is 0 Å². The number of amides is 1. The molecule has 0 aromatic carbocycles. The molecule has 5 heteroatoms. The molecule has 0 aliphatic heterocycles. The zero-order chi connectivity index (χ0) is 12.6. The molecular weight excluding hydrogens is 226 g/mol. The van der Waals surface area contributed by atoms with E-state index in [0.29, 0.717) is 24.0 Å². The van der Waals surface area contributed by atoms with Gasteiger partial charge in [0.05, 0.1) is 11.4 Å². The molecule has 0 rings (SSSR count). The molecule has 0 saturated heterocycles. The first kappa shape index (κ1) is 15.7. The van der Waals surface area contributed by atoms with Crippen molar-refractivity contribution in [2.75, 3.05) is 26.0 Å². The molecule has 0 heterocycles. The van der Waals surface area contributed by atoms with E-state index in [1.54, 1.807) is 25.8 Å². The van der Waals surface area contributed by atoms with Crippen molar-refractivity contribution in [3.8, 4) is 0 Å². The minimum absolute atomic E-state index is 0.0311. The van der Waals surface area contributed by atoms with Gasteiger partial charge in [-0.15, -0.1) is 11.8 Å². The average molecular weight is 249 g/mol. The molecule has 0 aromatic heterocycles. The van der Waals surface area contributed by atoms with Crippen LogP contribution < -0.4 is 5.32 Å².